The maximum absolute atomic E-state index is 12.7. The van der Waals surface area contributed by atoms with Crippen LogP contribution in [0.3, 0.4) is 0 Å². The van der Waals surface area contributed by atoms with Gasteiger partial charge in [-0.15, -0.1) is 22.7 Å². The van der Waals surface area contributed by atoms with Gasteiger partial charge in [0.15, 0.2) is 0 Å². The van der Waals surface area contributed by atoms with E-state index in [1.165, 1.54) is 11.3 Å². The standard InChI is InChI=1S/C17H14N2O3S3/c20-17(15-3-1-9-23-15)19-8-7-12-5-6-13(11-14(12)19)18-25(21,22)16-4-2-10-24-16/h1-6,9-11,18H,7-8H2. The summed E-state index contributed by atoms with van der Waals surface area (Å²) in [5.41, 5.74) is 2.27. The Morgan fingerprint density at radius 1 is 1.08 bits per heavy atom. The molecule has 0 radical (unpaired) electrons. The van der Waals surface area contributed by atoms with Gasteiger partial charge >= 0.3 is 0 Å². The van der Waals surface area contributed by atoms with Crippen LogP contribution in [0.2, 0.25) is 0 Å². The van der Waals surface area contributed by atoms with E-state index in [9.17, 15) is 13.2 Å². The van der Waals surface area contributed by atoms with Gasteiger partial charge in [0.2, 0.25) is 0 Å². The number of carbonyl (C=O) groups excluding carboxylic acids is 1. The summed E-state index contributed by atoms with van der Waals surface area (Å²) >= 11 is 2.57. The highest BCUT2D eigenvalue weighted by molar-refractivity contribution is 7.94. The van der Waals surface area contributed by atoms with Crippen LogP contribution in [-0.2, 0) is 16.4 Å². The van der Waals surface area contributed by atoms with E-state index in [1.54, 1.807) is 40.6 Å². The molecule has 0 bridgehead atoms. The number of sulfonamides is 1. The summed E-state index contributed by atoms with van der Waals surface area (Å²) in [5.74, 6) is -0.0491. The topological polar surface area (TPSA) is 66.5 Å². The second-order valence-corrected chi connectivity index (χ2v) is 9.37. The molecule has 2 aromatic heterocycles. The number of amides is 1. The fourth-order valence-electron chi connectivity index (χ4n) is 2.81. The molecule has 8 heteroatoms. The Kier molecular flexibility index (Phi) is 4.10. The zero-order valence-electron chi connectivity index (χ0n) is 13.0. The third-order valence-corrected chi connectivity index (χ3v) is 7.61. The van der Waals surface area contributed by atoms with Gasteiger partial charge in [-0.2, -0.15) is 0 Å². The Hall–Kier alpha value is -2.16. The van der Waals surface area contributed by atoms with Gasteiger partial charge in [0.1, 0.15) is 4.21 Å². The number of fused-ring (bicyclic) bond motifs is 1. The summed E-state index contributed by atoms with van der Waals surface area (Å²) < 4.78 is 27.6. The van der Waals surface area contributed by atoms with Crippen LogP contribution in [0.25, 0.3) is 0 Å². The third kappa shape index (κ3) is 3.08. The van der Waals surface area contributed by atoms with Crippen molar-refractivity contribution in [2.45, 2.75) is 10.6 Å². The molecule has 1 aliphatic rings. The highest BCUT2D eigenvalue weighted by atomic mass is 32.2. The first kappa shape index (κ1) is 16.3. The van der Waals surface area contributed by atoms with Gasteiger partial charge in [0, 0.05) is 12.2 Å². The molecule has 0 unspecified atom stereocenters. The lowest BCUT2D eigenvalue weighted by Gasteiger charge is -2.17. The highest BCUT2D eigenvalue weighted by Crippen LogP contribution is 2.33. The molecule has 0 aliphatic carbocycles. The van der Waals surface area contributed by atoms with Crippen molar-refractivity contribution in [3.8, 4) is 0 Å². The van der Waals surface area contributed by atoms with Crippen molar-refractivity contribution in [3.05, 3.63) is 63.7 Å². The van der Waals surface area contributed by atoms with E-state index in [2.05, 4.69) is 4.72 Å². The second kappa shape index (κ2) is 6.29. The summed E-state index contributed by atoms with van der Waals surface area (Å²) in [6.45, 7) is 0.604. The minimum atomic E-state index is -3.60. The summed E-state index contributed by atoms with van der Waals surface area (Å²) in [5, 5.41) is 3.59. The first-order chi connectivity index (χ1) is 12.0. The number of hydrogen-bond acceptors (Lipinski definition) is 5. The minimum Gasteiger partial charge on any atom is -0.307 e. The number of thiophene rings is 2. The maximum atomic E-state index is 12.7. The van der Waals surface area contributed by atoms with E-state index >= 15 is 0 Å². The van der Waals surface area contributed by atoms with Crippen molar-refractivity contribution in [1.29, 1.82) is 0 Å². The first-order valence-corrected chi connectivity index (χ1v) is 10.8. The second-order valence-electron chi connectivity index (χ2n) is 5.57. The van der Waals surface area contributed by atoms with Crippen molar-refractivity contribution in [1.82, 2.24) is 0 Å². The molecule has 1 aliphatic heterocycles. The number of nitrogens with zero attached hydrogens (tertiary/aromatic N) is 1. The Morgan fingerprint density at radius 3 is 2.60 bits per heavy atom. The van der Waals surface area contributed by atoms with Gasteiger partial charge in [-0.1, -0.05) is 18.2 Å². The van der Waals surface area contributed by atoms with Crippen LogP contribution in [-0.4, -0.2) is 20.9 Å². The predicted octanol–water partition coefficient (Wildman–Crippen LogP) is 3.81. The quantitative estimate of drug-likeness (QED) is 0.737. The number of anilines is 2. The minimum absolute atomic E-state index is 0.0491. The summed E-state index contributed by atoms with van der Waals surface area (Å²) in [6, 6.07) is 12.3. The number of carbonyl (C=O) groups is 1. The van der Waals surface area contributed by atoms with E-state index in [1.807, 2.05) is 17.5 Å². The fourth-order valence-corrected chi connectivity index (χ4v) is 5.52. The molecule has 4 rings (SSSR count). The fraction of sp³-hybridized carbons (Fsp3) is 0.118. The van der Waals surface area contributed by atoms with Crippen LogP contribution in [0.5, 0.6) is 0 Å². The lowest BCUT2D eigenvalue weighted by Crippen LogP contribution is -2.28. The molecule has 0 fully saturated rings. The number of nitrogens with one attached hydrogen (secondary N) is 1. The normalized spacial score (nSPS) is 13.7. The van der Waals surface area contributed by atoms with Gasteiger partial charge in [-0.3, -0.25) is 9.52 Å². The van der Waals surface area contributed by atoms with Crippen LogP contribution in [0, 0.1) is 0 Å². The van der Waals surface area contributed by atoms with E-state index in [4.69, 9.17) is 0 Å². The molecule has 128 valence electrons. The average molecular weight is 391 g/mol. The number of hydrogen-bond donors (Lipinski definition) is 1. The first-order valence-electron chi connectivity index (χ1n) is 7.59. The average Bonchev–Trinajstić information content (AvgIpc) is 3.33. The molecule has 3 heterocycles. The molecule has 0 atom stereocenters. The number of benzene rings is 1. The lowest BCUT2D eigenvalue weighted by molar-refractivity contribution is 0.0993. The van der Waals surface area contributed by atoms with Crippen LogP contribution in [0.4, 0.5) is 11.4 Å². The molecular formula is C17H14N2O3S3. The van der Waals surface area contributed by atoms with Gasteiger partial charge < -0.3 is 4.90 Å². The molecule has 0 saturated carbocycles. The van der Waals surface area contributed by atoms with E-state index in [0.717, 1.165) is 29.0 Å². The summed E-state index contributed by atoms with van der Waals surface area (Å²) in [4.78, 5) is 15.0. The zero-order chi connectivity index (χ0) is 17.4. The smallest absolute Gasteiger partial charge is 0.271 e. The molecule has 25 heavy (non-hydrogen) atoms. The van der Waals surface area contributed by atoms with E-state index < -0.39 is 10.0 Å². The highest BCUT2D eigenvalue weighted by Gasteiger charge is 2.27. The molecule has 1 N–H and O–H groups in total. The molecular weight excluding hydrogens is 376 g/mol. The largest absolute Gasteiger partial charge is 0.307 e. The van der Waals surface area contributed by atoms with Gasteiger partial charge in [-0.25, -0.2) is 8.42 Å². The number of rotatable bonds is 4. The SMILES string of the molecule is O=C(c1cccs1)N1CCc2ccc(NS(=O)(=O)c3cccs3)cc21. The molecule has 5 nitrogen and oxygen atoms in total. The molecule has 0 saturated heterocycles. The molecule has 0 spiro atoms. The Labute approximate surface area is 153 Å². The Bertz CT molecular complexity index is 1010. The summed E-state index contributed by atoms with van der Waals surface area (Å²) in [7, 11) is -3.60. The third-order valence-electron chi connectivity index (χ3n) is 3.97. The predicted molar refractivity (Wildman–Crippen MR) is 101 cm³/mol. The van der Waals surface area contributed by atoms with Crippen molar-refractivity contribution < 1.29 is 13.2 Å². The van der Waals surface area contributed by atoms with Crippen molar-refractivity contribution in [2.24, 2.45) is 0 Å². The Balaban J connectivity index is 1.64. The Morgan fingerprint density at radius 2 is 1.88 bits per heavy atom. The zero-order valence-corrected chi connectivity index (χ0v) is 15.5. The van der Waals surface area contributed by atoms with E-state index in [-0.39, 0.29) is 10.1 Å². The van der Waals surface area contributed by atoms with Crippen molar-refractivity contribution in [3.63, 3.8) is 0 Å². The van der Waals surface area contributed by atoms with Crippen molar-refractivity contribution >= 4 is 50.0 Å². The van der Waals surface area contributed by atoms with Gasteiger partial charge in [0.05, 0.1) is 10.6 Å². The van der Waals surface area contributed by atoms with Crippen LogP contribution >= 0.6 is 22.7 Å². The summed E-state index contributed by atoms with van der Waals surface area (Å²) in [6.07, 6.45) is 0.768. The monoisotopic (exact) mass is 390 g/mol. The lowest BCUT2D eigenvalue weighted by atomic mass is 10.1. The van der Waals surface area contributed by atoms with Gasteiger partial charge in [0.25, 0.3) is 15.9 Å². The maximum Gasteiger partial charge on any atom is 0.271 e. The van der Waals surface area contributed by atoms with Crippen molar-refractivity contribution in [2.75, 3.05) is 16.2 Å². The molecule has 3 aromatic rings. The van der Waals surface area contributed by atoms with Crippen LogP contribution in [0.15, 0.2) is 57.4 Å². The van der Waals surface area contributed by atoms with E-state index in [0.29, 0.717) is 17.1 Å². The van der Waals surface area contributed by atoms with Crippen LogP contribution < -0.4 is 9.62 Å². The van der Waals surface area contributed by atoms with Crippen LogP contribution in [0.1, 0.15) is 15.2 Å². The molecule has 1 amide bonds. The molecule has 1 aromatic carbocycles. The van der Waals surface area contributed by atoms with Gasteiger partial charge in [-0.05, 0) is 47.0 Å².